The summed E-state index contributed by atoms with van der Waals surface area (Å²) in [5.74, 6) is 0.887. The van der Waals surface area contributed by atoms with E-state index in [1.54, 1.807) is 0 Å². The van der Waals surface area contributed by atoms with Gasteiger partial charge in [0.2, 0.25) is 0 Å². The third-order valence-electron chi connectivity index (χ3n) is 3.09. The van der Waals surface area contributed by atoms with Gasteiger partial charge in [-0.25, -0.2) is 0 Å². The first-order chi connectivity index (χ1) is 7.85. The summed E-state index contributed by atoms with van der Waals surface area (Å²) in [6.45, 7) is 8.34. The van der Waals surface area contributed by atoms with Gasteiger partial charge in [-0.1, -0.05) is 64.2 Å². The Bertz CT molecular complexity index is 167. The fourth-order valence-corrected chi connectivity index (χ4v) is 1.99. The molecule has 0 nitrogen and oxygen atoms in total. The van der Waals surface area contributed by atoms with Crippen molar-refractivity contribution in [2.75, 3.05) is 0 Å². The van der Waals surface area contributed by atoms with Crippen molar-refractivity contribution < 1.29 is 0 Å². The van der Waals surface area contributed by atoms with Crippen LogP contribution < -0.4 is 0 Å². The van der Waals surface area contributed by atoms with Gasteiger partial charge in [-0.3, -0.25) is 0 Å². The molecule has 0 amide bonds. The summed E-state index contributed by atoms with van der Waals surface area (Å²) in [5, 5.41) is 0. The molecule has 0 spiro atoms. The fourth-order valence-electron chi connectivity index (χ4n) is 1.99. The van der Waals surface area contributed by atoms with Gasteiger partial charge < -0.3 is 0 Å². The summed E-state index contributed by atoms with van der Waals surface area (Å²) in [5.41, 5.74) is 0. The molecular formula is C16H30. The number of hydrogen-bond donors (Lipinski definition) is 0. The maximum Gasteiger partial charge on any atom is -0.0322 e. The smallest absolute Gasteiger partial charge is 0.0322 e. The summed E-state index contributed by atoms with van der Waals surface area (Å²) in [4.78, 5) is 0. The molecule has 94 valence electrons. The zero-order valence-corrected chi connectivity index (χ0v) is 11.4. The van der Waals surface area contributed by atoms with Crippen LogP contribution in [0.4, 0.5) is 0 Å². The highest BCUT2D eigenvalue weighted by Gasteiger charge is 2.05. The Morgan fingerprint density at radius 3 is 2.38 bits per heavy atom. The molecule has 0 aliphatic rings. The molecule has 0 bridgehead atoms. The van der Waals surface area contributed by atoms with E-state index in [0.29, 0.717) is 0 Å². The molecule has 0 aliphatic heterocycles. The Morgan fingerprint density at radius 1 is 0.938 bits per heavy atom. The predicted octanol–water partition coefficient (Wildman–Crippen LogP) is 5.90. The van der Waals surface area contributed by atoms with Crippen LogP contribution in [-0.4, -0.2) is 0 Å². The Morgan fingerprint density at radius 2 is 1.75 bits per heavy atom. The van der Waals surface area contributed by atoms with Gasteiger partial charge in [0.15, 0.2) is 0 Å². The summed E-state index contributed by atoms with van der Waals surface area (Å²) >= 11 is 0. The van der Waals surface area contributed by atoms with Crippen molar-refractivity contribution in [3.8, 4) is 0 Å². The monoisotopic (exact) mass is 222 g/mol. The second-order valence-electron chi connectivity index (χ2n) is 4.72. The first-order valence-corrected chi connectivity index (χ1v) is 7.11. The second kappa shape index (κ2) is 12.5. The highest BCUT2D eigenvalue weighted by Crippen LogP contribution is 2.20. The third kappa shape index (κ3) is 10.0. The fraction of sp³-hybridized carbons (Fsp3) is 0.750. The largest absolute Gasteiger partial charge is 0.103 e. The van der Waals surface area contributed by atoms with E-state index in [4.69, 9.17) is 0 Å². The van der Waals surface area contributed by atoms with E-state index >= 15 is 0 Å². The van der Waals surface area contributed by atoms with Crippen molar-refractivity contribution in [3.05, 3.63) is 24.8 Å². The van der Waals surface area contributed by atoms with Gasteiger partial charge in [0.25, 0.3) is 0 Å². The quantitative estimate of drug-likeness (QED) is 0.302. The summed E-state index contributed by atoms with van der Waals surface area (Å²) in [6, 6.07) is 0. The van der Waals surface area contributed by atoms with Crippen molar-refractivity contribution in [1.82, 2.24) is 0 Å². The minimum Gasteiger partial charge on any atom is -0.103 e. The van der Waals surface area contributed by atoms with Crippen molar-refractivity contribution in [2.24, 2.45) is 5.92 Å². The molecule has 0 aromatic carbocycles. The summed E-state index contributed by atoms with van der Waals surface area (Å²) < 4.78 is 0. The maximum absolute atomic E-state index is 3.82. The average Bonchev–Trinajstić information content (AvgIpc) is 2.31. The molecule has 0 aliphatic carbocycles. The Kier molecular flexibility index (Phi) is 12.1. The van der Waals surface area contributed by atoms with E-state index < -0.39 is 0 Å². The maximum atomic E-state index is 3.82. The van der Waals surface area contributed by atoms with Crippen LogP contribution in [0.3, 0.4) is 0 Å². The standard InChI is InChI=1S/C16H30/c1-4-7-10-12-15-16(13-9-6-3)14-11-8-5-2/h6,10,12,16H,3-5,7-9,11,13-15H2,1-2H3. The van der Waals surface area contributed by atoms with Crippen molar-refractivity contribution in [3.63, 3.8) is 0 Å². The average molecular weight is 222 g/mol. The van der Waals surface area contributed by atoms with Gasteiger partial charge in [-0.15, -0.1) is 6.58 Å². The molecule has 0 aromatic rings. The molecule has 0 aromatic heterocycles. The van der Waals surface area contributed by atoms with Gasteiger partial charge in [0, 0.05) is 0 Å². The van der Waals surface area contributed by atoms with Crippen LogP contribution in [0.2, 0.25) is 0 Å². The minimum absolute atomic E-state index is 0.887. The first-order valence-electron chi connectivity index (χ1n) is 7.11. The molecule has 0 radical (unpaired) electrons. The van der Waals surface area contributed by atoms with Crippen molar-refractivity contribution in [1.29, 1.82) is 0 Å². The van der Waals surface area contributed by atoms with Gasteiger partial charge in [0.1, 0.15) is 0 Å². The van der Waals surface area contributed by atoms with Gasteiger partial charge in [-0.05, 0) is 31.6 Å². The Labute approximate surface area is 103 Å². The summed E-state index contributed by atoms with van der Waals surface area (Å²) in [7, 11) is 0. The molecule has 0 heteroatoms. The molecular weight excluding hydrogens is 192 g/mol. The van der Waals surface area contributed by atoms with E-state index in [-0.39, 0.29) is 0 Å². The molecule has 0 heterocycles. The van der Waals surface area contributed by atoms with Gasteiger partial charge >= 0.3 is 0 Å². The highest BCUT2D eigenvalue weighted by molar-refractivity contribution is 4.84. The zero-order valence-electron chi connectivity index (χ0n) is 11.4. The van der Waals surface area contributed by atoms with Crippen LogP contribution in [0.25, 0.3) is 0 Å². The van der Waals surface area contributed by atoms with Gasteiger partial charge in [0.05, 0.1) is 0 Å². The molecule has 0 rings (SSSR count). The highest BCUT2D eigenvalue weighted by atomic mass is 14.1. The van der Waals surface area contributed by atoms with Crippen molar-refractivity contribution in [2.45, 2.75) is 71.6 Å². The third-order valence-corrected chi connectivity index (χ3v) is 3.09. The van der Waals surface area contributed by atoms with E-state index in [9.17, 15) is 0 Å². The van der Waals surface area contributed by atoms with Crippen molar-refractivity contribution >= 4 is 0 Å². The predicted molar refractivity (Wildman–Crippen MR) is 75.7 cm³/mol. The molecule has 1 unspecified atom stereocenters. The van der Waals surface area contributed by atoms with Crippen LogP contribution >= 0.6 is 0 Å². The van der Waals surface area contributed by atoms with Crippen LogP contribution in [0, 0.1) is 5.92 Å². The number of hydrogen-bond acceptors (Lipinski definition) is 0. The van der Waals surface area contributed by atoms with Crippen LogP contribution in [0.1, 0.15) is 71.6 Å². The van der Waals surface area contributed by atoms with Crippen LogP contribution in [0.15, 0.2) is 24.8 Å². The van der Waals surface area contributed by atoms with Crippen LogP contribution in [-0.2, 0) is 0 Å². The molecule has 0 fully saturated rings. The normalized spacial score (nSPS) is 13.1. The number of rotatable bonds is 11. The Hall–Kier alpha value is -0.520. The minimum atomic E-state index is 0.887. The van der Waals surface area contributed by atoms with Crippen LogP contribution in [0.5, 0.6) is 0 Å². The lowest BCUT2D eigenvalue weighted by Gasteiger charge is -2.13. The lowest BCUT2D eigenvalue weighted by Crippen LogP contribution is -1.99. The molecule has 0 saturated carbocycles. The van der Waals surface area contributed by atoms with E-state index in [2.05, 4.69) is 38.7 Å². The molecule has 0 N–H and O–H groups in total. The molecule has 0 saturated heterocycles. The zero-order chi connectivity index (χ0) is 12.1. The topological polar surface area (TPSA) is 0 Å². The molecule has 16 heavy (non-hydrogen) atoms. The first kappa shape index (κ1) is 15.5. The summed E-state index contributed by atoms with van der Waals surface area (Å²) in [6.07, 6.45) is 18.6. The van der Waals surface area contributed by atoms with E-state index in [1.165, 1.54) is 57.8 Å². The lowest BCUT2D eigenvalue weighted by atomic mass is 9.93. The lowest BCUT2D eigenvalue weighted by molar-refractivity contribution is 0.435. The number of allylic oxidation sites excluding steroid dienone is 3. The number of unbranched alkanes of at least 4 members (excludes halogenated alkanes) is 3. The Balaban J connectivity index is 3.74. The molecule has 1 atom stereocenters. The SMILES string of the molecule is C=CCCC(CC=CCCC)CCCCC. The van der Waals surface area contributed by atoms with E-state index in [0.717, 1.165) is 5.92 Å². The second-order valence-corrected chi connectivity index (χ2v) is 4.72. The van der Waals surface area contributed by atoms with Gasteiger partial charge in [-0.2, -0.15) is 0 Å². The van der Waals surface area contributed by atoms with E-state index in [1.807, 2.05) is 0 Å².